The van der Waals surface area contributed by atoms with E-state index in [2.05, 4.69) is 36.6 Å². The van der Waals surface area contributed by atoms with Crippen molar-refractivity contribution in [2.24, 2.45) is 14.1 Å². The maximum atomic E-state index is 9.08. The molecular formula is C11H21N3O+2. The summed E-state index contributed by atoms with van der Waals surface area (Å²) in [6.45, 7) is 3.30. The molecule has 1 unspecified atom stereocenters. The second-order valence-corrected chi connectivity index (χ2v) is 4.93. The molecule has 1 atom stereocenters. The van der Waals surface area contributed by atoms with Crippen LogP contribution in [0.4, 0.5) is 0 Å². The maximum Gasteiger partial charge on any atom is 0.243 e. The summed E-state index contributed by atoms with van der Waals surface area (Å²) >= 11 is 0. The molecule has 0 saturated heterocycles. The van der Waals surface area contributed by atoms with Gasteiger partial charge in [-0.15, -0.1) is 0 Å². The monoisotopic (exact) mass is 211 g/mol. The molecule has 2 heterocycles. The normalized spacial score (nSPS) is 25.3. The summed E-state index contributed by atoms with van der Waals surface area (Å²) in [6, 6.07) is 0. The fraction of sp³-hybridized carbons (Fsp3) is 0.727. The van der Waals surface area contributed by atoms with Crippen LogP contribution in [0.25, 0.3) is 0 Å². The SMILES string of the molecule is Cn1c[n+](C)c2c1C[N+](C)(CCO)CC2. The van der Waals surface area contributed by atoms with Gasteiger partial charge >= 0.3 is 0 Å². The van der Waals surface area contributed by atoms with Crippen LogP contribution in [-0.2, 0) is 27.1 Å². The summed E-state index contributed by atoms with van der Waals surface area (Å²) in [5, 5.41) is 9.08. The van der Waals surface area contributed by atoms with E-state index >= 15 is 0 Å². The third kappa shape index (κ3) is 1.79. The Hall–Kier alpha value is -0.870. The van der Waals surface area contributed by atoms with Gasteiger partial charge < -0.3 is 9.59 Å². The zero-order chi connectivity index (χ0) is 11.1. The van der Waals surface area contributed by atoms with Crippen LogP contribution in [0.5, 0.6) is 0 Å². The summed E-state index contributed by atoms with van der Waals surface area (Å²) in [5.41, 5.74) is 2.87. The first-order chi connectivity index (χ1) is 7.06. The molecule has 2 rings (SSSR count). The number of rotatable bonds is 2. The van der Waals surface area contributed by atoms with Crippen molar-refractivity contribution >= 4 is 0 Å². The Bertz CT molecular complexity index is 372. The van der Waals surface area contributed by atoms with Crippen LogP contribution < -0.4 is 4.57 Å². The van der Waals surface area contributed by atoms with E-state index in [1.54, 1.807) is 0 Å². The number of aryl methyl sites for hydroxylation is 2. The number of fused-ring (bicyclic) bond motifs is 1. The smallest absolute Gasteiger partial charge is 0.243 e. The van der Waals surface area contributed by atoms with E-state index in [-0.39, 0.29) is 6.61 Å². The lowest BCUT2D eigenvalue weighted by Gasteiger charge is -2.35. The first kappa shape index (κ1) is 10.6. The van der Waals surface area contributed by atoms with Crippen LogP contribution in [0.2, 0.25) is 0 Å². The molecule has 0 aliphatic carbocycles. The molecule has 0 aromatic carbocycles. The summed E-state index contributed by atoms with van der Waals surface area (Å²) < 4.78 is 5.39. The van der Waals surface area contributed by atoms with Crippen molar-refractivity contribution < 1.29 is 14.2 Å². The molecular weight excluding hydrogens is 190 g/mol. The van der Waals surface area contributed by atoms with E-state index in [4.69, 9.17) is 5.11 Å². The van der Waals surface area contributed by atoms with Gasteiger partial charge in [0.05, 0.1) is 40.7 Å². The molecule has 1 aliphatic heterocycles. The highest BCUT2D eigenvalue weighted by molar-refractivity contribution is 5.08. The largest absolute Gasteiger partial charge is 0.391 e. The summed E-state index contributed by atoms with van der Waals surface area (Å²) in [5.74, 6) is 0. The summed E-state index contributed by atoms with van der Waals surface area (Å²) in [4.78, 5) is 0. The minimum Gasteiger partial charge on any atom is -0.391 e. The first-order valence-corrected chi connectivity index (χ1v) is 5.53. The molecule has 4 nitrogen and oxygen atoms in total. The summed E-state index contributed by atoms with van der Waals surface area (Å²) in [6.07, 6.45) is 3.25. The zero-order valence-corrected chi connectivity index (χ0v) is 9.90. The molecule has 0 bridgehead atoms. The number of aliphatic hydroxyl groups is 1. The minimum absolute atomic E-state index is 0.280. The highest BCUT2D eigenvalue weighted by atomic mass is 16.3. The quantitative estimate of drug-likeness (QED) is 0.511. The van der Waals surface area contributed by atoms with Gasteiger partial charge in [0.2, 0.25) is 12.0 Å². The van der Waals surface area contributed by atoms with E-state index in [1.807, 2.05) is 0 Å². The van der Waals surface area contributed by atoms with Crippen LogP contribution in [0.15, 0.2) is 6.33 Å². The third-order valence-corrected chi connectivity index (χ3v) is 3.59. The topological polar surface area (TPSA) is 29.0 Å². The van der Waals surface area contributed by atoms with Gasteiger partial charge in [0.15, 0.2) is 5.69 Å². The van der Waals surface area contributed by atoms with Crippen LogP contribution in [0, 0.1) is 0 Å². The van der Waals surface area contributed by atoms with Crippen molar-refractivity contribution in [3.63, 3.8) is 0 Å². The number of hydrogen-bond donors (Lipinski definition) is 1. The van der Waals surface area contributed by atoms with E-state index in [0.717, 1.165) is 30.5 Å². The highest BCUT2D eigenvalue weighted by Crippen LogP contribution is 2.20. The van der Waals surface area contributed by atoms with Crippen molar-refractivity contribution in [3.05, 3.63) is 17.7 Å². The van der Waals surface area contributed by atoms with Gasteiger partial charge in [-0.05, 0) is 0 Å². The Morgan fingerprint density at radius 1 is 1.60 bits per heavy atom. The number of likely N-dealkylation sites (N-methyl/N-ethyl adjacent to an activating group) is 1. The summed E-state index contributed by atoms with van der Waals surface area (Å²) in [7, 11) is 6.44. The van der Waals surface area contributed by atoms with Gasteiger partial charge in [-0.3, -0.25) is 0 Å². The number of aliphatic hydroxyl groups excluding tert-OH is 1. The fourth-order valence-corrected chi connectivity index (χ4v) is 2.58. The maximum absolute atomic E-state index is 9.08. The van der Waals surface area contributed by atoms with Crippen LogP contribution >= 0.6 is 0 Å². The second kappa shape index (κ2) is 3.61. The first-order valence-electron chi connectivity index (χ1n) is 5.53. The van der Waals surface area contributed by atoms with Gasteiger partial charge in [0.25, 0.3) is 0 Å². The molecule has 84 valence electrons. The Morgan fingerprint density at radius 3 is 3.00 bits per heavy atom. The van der Waals surface area contributed by atoms with E-state index in [0.29, 0.717) is 0 Å². The molecule has 1 N–H and O–H groups in total. The third-order valence-electron chi connectivity index (χ3n) is 3.59. The Morgan fingerprint density at radius 2 is 2.33 bits per heavy atom. The molecule has 0 saturated carbocycles. The van der Waals surface area contributed by atoms with Gasteiger partial charge in [-0.1, -0.05) is 0 Å². The van der Waals surface area contributed by atoms with Gasteiger partial charge in [-0.2, -0.15) is 0 Å². The number of quaternary nitrogens is 1. The highest BCUT2D eigenvalue weighted by Gasteiger charge is 2.35. The molecule has 1 aliphatic rings. The lowest BCUT2D eigenvalue weighted by Crippen LogP contribution is -2.51. The van der Waals surface area contributed by atoms with Crippen LogP contribution in [-0.4, -0.2) is 40.9 Å². The van der Waals surface area contributed by atoms with E-state index in [1.165, 1.54) is 11.4 Å². The molecule has 0 fully saturated rings. The van der Waals surface area contributed by atoms with Crippen molar-refractivity contribution in [3.8, 4) is 0 Å². The van der Waals surface area contributed by atoms with E-state index < -0.39 is 0 Å². The number of imidazole rings is 1. The van der Waals surface area contributed by atoms with Gasteiger partial charge in [0, 0.05) is 0 Å². The van der Waals surface area contributed by atoms with Gasteiger partial charge in [0.1, 0.15) is 13.1 Å². The lowest BCUT2D eigenvalue weighted by atomic mass is 10.1. The molecule has 15 heavy (non-hydrogen) atoms. The Kier molecular flexibility index (Phi) is 2.56. The predicted octanol–water partition coefficient (Wildman–Crippen LogP) is -0.655. The fourth-order valence-electron chi connectivity index (χ4n) is 2.58. The second-order valence-electron chi connectivity index (χ2n) is 4.93. The predicted molar refractivity (Wildman–Crippen MR) is 57.0 cm³/mol. The number of nitrogens with zero attached hydrogens (tertiary/aromatic N) is 3. The average molecular weight is 211 g/mol. The van der Waals surface area contributed by atoms with Crippen LogP contribution in [0.1, 0.15) is 11.4 Å². The molecule has 4 heteroatoms. The molecule has 1 aromatic rings. The zero-order valence-electron chi connectivity index (χ0n) is 9.90. The van der Waals surface area contributed by atoms with Crippen molar-refractivity contribution in [2.75, 3.05) is 26.7 Å². The Balaban J connectivity index is 2.29. The number of hydrogen-bond acceptors (Lipinski definition) is 1. The average Bonchev–Trinajstić information content (AvgIpc) is 2.42. The molecule has 0 spiro atoms. The van der Waals surface area contributed by atoms with Crippen molar-refractivity contribution in [1.29, 1.82) is 0 Å². The van der Waals surface area contributed by atoms with Gasteiger partial charge in [-0.25, -0.2) is 9.13 Å². The van der Waals surface area contributed by atoms with Crippen molar-refractivity contribution in [1.82, 2.24) is 4.57 Å². The minimum atomic E-state index is 0.280. The van der Waals surface area contributed by atoms with Crippen LogP contribution in [0.3, 0.4) is 0 Å². The van der Waals surface area contributed by atoms with Crippen molar-refractivity contribution in [2.45, 2.75) is 13.0 Å². The molecule has 0 radical (unpaired) electrons. The lowest BCUT2D eigenvalue weighted by molar-refractivity contribution is -0.926. The molecule has 1 aromatic heterocycles. The standard InChI is InChI=1S/C11H21N3O/c1-12-9-13(2)11-8-14(3,6-7-15)5-4-10(11)12/h9,15H,4-8H2,1-3H3/q+2. The Labute approximate surface area is 91.0 Å². The molecule has 0 amide bonds. The van der Waals surface area contributed by atoms with E-state index in [9.17, 15) is 0 Å². The number of aromatic nitrogens is 2.